The van der Waals surface area contributed by atoms with Gasteiger partial charge in [-0.1, -0.05) is 6.07 Å². The van der Waals surface area contributed by atoms with Gasteiger partial charge in [-0.05, 0) is 12.1 Å². The number of methoxy groups -OCH3 is 1. The molecule has 0 aliphatic heterocycles. The van der Waals surface area contributed by atoms with E-state index in [0.29, 0.717) is 11.6 Å². The van der Waals surface area contributed by atoms with Crippen LogP contribution in [0.1, 0.15) is 0 Å². The summed E-state index contributed by atoms with van der Waals surface area (Å²) in [5.41, 5.74) is 1.50. The lowest BCUT2D eigenvalue weighted by Gasteiger charge is -2.01. The molecule has 4 heteroatoms. The van der Waals surface area contributed by atoms with Crippen LogP contribution in [0.5, 0.6) is 5.88 Å². The van der Waals surface area contributed by atoms with Gasteiger partial charge in [0.05, 0.1) is 25.2 Å². The highest BCUT2D eigenvalue weighted by Crippen LogP contribution is 2.14. The van der Waals surface area contributed by atoms with E-state index in [0.717, 1.165) is 5.69 Å². The first kappa shape index (κ1) is 8.62. The van der Waals surface area contributed by atoms with E-state index < -0.39 is 0 Å². The van der Waals surface area contributed by atoms with E-state index in [-0.39, 0.29) is 0 Å². The second-order valence-corrected chi connectivity index (χ2v) is 2.66. The van der Waals surface area contributed by atoms with Crippen molar-refractivity contribution in [1.29, 1.82) is 0 Å². The molecule has 0 N–H and O–H groups in total. The van der Waals surface area contributed by atoms with Gasteiger partial charge in [-0.15, -0.1) is 0 Å². The molecule has 2 aromatic rings. The summed E-state index contributed by atoms with van der Waals surface area (Å²) in [4.78, 5) is 12.4. The normalized spacial score (nSPS) is 9.79. The molecule has 0 spiro atoms. The lowest BCUT2D eigenvalue weighted by molar-refractivity contribution is 0.396. The molecule has 4 nitrogen and oxygen atoms in total. The van der Waals surface area contributed by atoms with Crippen LogP contribution in [0.4, 0.5) is 0 Å². The summed E-state index contributed by atoms with van der Waals surface area (Å²) in [7, 11) is 1.56. The molecule has 0 aliphatic carbocycles. The van der Waals surface area contributed by atoms with Gasteiger partial charge in [0.1, 0.15) is 5.69 Å². The van der Waals surface area contributed by atoms with E-state index in [1.165, 1.54) is 0 Å². The minimum Gasteiger partial charge on any atom is -0.480 e. The summed E-state index contributed by atoms with van der Waals surface area (Å²) in [6.07, 6.45) is 4.94. The second kappa shape index (κ2) is 3.83. The van der Waals surface area contributed by atoms with Crippen LogP contribution in [-0.2, 0) is 0 Å². The van der Waals surface area contributed by atoms with Crippen molar-refractivity contribution in [2.75, 3.05) is 7.11 Å². The van der Waals surface area contributed by atoms with Crippen LogP contribution in [0.2, 0.25) is 0 Å². The standard InChI is InChI=1S/C10H9N3O/c1-14-10-7-11-6-9(13-10)8-4-2-3-5-12-8/h2-7H,1H3. The minimum atomic E-state index is 0.494. The third-order valence-corrected chi connectivity index (χ3v) is 1.75. The van der Waals surface area contributed by atoms with Crippen LogP contribution in [0.25, 0.3) is 11.4 Å². The number of ether oxygens (including phenoxy) is 1. The molecule has 0 atom stereocenters. The summed E-state index contributed by atoms with van der Waals surface area (Å²) in [5.74, 6) is 0.494. The quantitative estimate of drug-likeness (QED) is 0.715. The molecule has 2 heterocycles. The maximum Gasteiger partial charge on any atom is 0.232 e. The average Bonchev–Trinajstić information content (AvgIpc) is 2.30. The average molecular weight is 187 g/mol. The molecule has 0 fully saturated rings. The van der Waals surface area contributed by atoms with Crippen molar-refractivity contribution < 1.29 is 4.74 Å². The van der Waals surface area contributed by atoms with Gasteiger partial charge in [0.25, 0.3) is 0 Å². The smallest absolute Gasteiger partial charge is 0.232 e. The Morgan fingerprint density at radius 1 is 1.14 bits per heavy atom. The fourth-order valence-corrected chi connectivity index (χ4v) is 1.08. The van der Waals surface area contributed by atoms with Gasteiger partial charge < -0.3 is 4.74 Å². The van der Waals surface area contributed by atoms with Crippen LogP contribution in [0.15, 0.2) is 36.8 Å². The van der Waals surface area contributed by atoms with Crippen LogP contribution >= 0.6 is 0 Å². The number of hydrogen-bond acceptors (Lipinski definition) is 4. The largest absolute Gasteiger partial charge is 0.480 e. The van der Waals surface area contributed by atoms with Gasteiger partial charge in [-0.25, -0.2) is 4.98 Å². The molecule has 0 saturated heterocycles. The third-order valence-electron chi connectivity index (χ3n) is 1.75. The molecule has 14 heavy (non-hydrogen) atoms. The summed E-state index contributed by atoms with van der Waals surface area (Å²) < 4.78 is 4.97. The van der Waals surface area contributed by atoms with Crippen LogP contribution < -0.4 is 4.74 Å². The molecule has 0 aromatic carbocycles. The van der Waals surface area contributed by atoms with E-state index in [4.69, 9.17) is 4.74 Å². The first-order valence-electron chi connectivity index (χ1n) is 4.17. The molecule has 0 unspecified atom stereocenters. The molecule has 2 aromatic heterocycles. The Morgan fingerprint density at radius 2 is 2.07 bits per heavy atom. The minimum absolute atomic E-state index is 0.494. The fourth-order valence-electron chi connectivity index (χ4n) is 1.08. The molecule has 0 bridgehead atoms. The van der Waals surface area contributed by atoms with Crippen molar-refractivity contribution >= 4 is 0 Å². The van der Waals surface area contributed by atoms with Gasteiger partial charge in [0.15, 0.2) is 0 Å². The molecule has 0 radical (unpaired) electrons. The Hall–Kier alpha value is -1.97. The number of nitrogens with zero attached hydrogens (tertiary/aromatic N) is 3. The zero-order valence-corrected chi connectivity index (χ0v) is 7.71. The number of hydrogen-bond donors (Lipinski definition) is 0. The number of pyridine rings is 1. The zero-order valence-electron chi connectivity index (χ0n) is 7.71. The first-order valence-corrected chi connectivity index (χ1v) is 4.17. The van der Waals surface area contributed by atoms with Crippen molar-refractivity contribution in [2.24, 2.45) is 0 Å². The highest BCUT2D eigenvalue weighted by molar-refractivity contribution is 5.52. The zero-order chi connectivity index (χ0) is 9.80. The van der Waals surface area contributed by atoms with E-state index in [1.807, 2.05) is 18.2 Å². The Bertz CT molecular complexity index is 417. The highest BCUT2D eigenvalue weighted by atomic mass is 16.5. The van der Waals surface area contributed by atoms with Crippen molar-refractivity contribution in [1.82, 2.24) is 15.0 Å². The van der Waals surface area contributed by atoms with Crippen molar-refractivity contribution in [3.63, 3.8) is 0 Å². The molecular formula is C10H9N3O. The number of aromatic nitrogens is 3. The summed E-state index contributed by atoms with van der Waals surface area (Å²) in [6.45, 7) is 0. The van der Waals surface area contributed by atoms with Crippen LogP contribution in [-0.4, -0.2) is 22.1 Å². The lowest BCUT2D eigenvalue weighted by Crippen LogP contribution is -1.92. The topological polar surface area (TPSA) is 47.9 Å². The summed E-state index contributed by atoms with van der Waals surface area (Å²) in [6, 6.07) is 5.64. The van der Waals surface area contributed by atoms with Crippen molar-refractivity contribution in [3.8, 4) is 17.3 Å². The predicted molar refractivity (Wildman–Crippen MR) is 51.8 cm³/mol. The van der Waals surface area contributed by atoms with Gasteiger partial charge in [-0.3, -0.25) is 9.97 Å². The van der Waals surface area contributed by atoms with E-state index in [1.54, 1.807) is 25.7 Å². The van der Waals surface area contributed by atoms with Crippen molar-refractivity contribution in [2.45, 2.75) is 0 Å². The van der Waals surface area contributed by atoms with Crippen LogP contribution in [0, 0.1) is 0 Å². The molecule has 0 saturated carbocycles. The second-order valence-electron chi connectivity index (χ2n) is 2.66. The van der Waals surface area contributed by atoms with E-state index >= 15 is 0 Å². The maximum atomic E-state index is 4.97. The highest BCUT2D eigenvalue weighted by Gasteiger charge is 2.01. The molecular weight excluding hydrogens is 178 g/mol. The van der Waals surface area contributed by atoms with Crippen molar-refractivity contribution in [3.05, 3.63) is 36.8 Å². The maximum absolute atomic E-state index is 4.97. The molecule has 70 valence electrons. The first-order chi connectivity index (χ1) is 6.90. The Kier molecular flexibility index (Phi) is 2.36. The lowest BCUT2D eigenvalue weighted by atomic mass is 10.3. The van der Waals surface area contributed by atoms with Gasteiger partial charge in [0.2, 0.25) is 5.88 Å². The summed E-state index contributed by atoms with van der Waals surface area (Å²) >= 11 is 0. The Labute approximate surface area is 81.6 Å². The third kappa shape index (κ3) is 1.69. The number of rotatable bonds is 2. The summed E-state index contributed by atoms with van der Waals surface area (Å²) in [5, 5.41) is 0. The van der Waals surface area contributed by atoms with Gasteiger partial charge in [-0.2, -0.15) is 0 Å². The Balaban J connectivity index is 2.42. The fraction of sp³-hybridized carbons (Fsp3) is 0.100. The van der Waals surface area contributed by atoms with E-state index in [2.05, 4.69) is 15.0 Å². The van der Waals surface area contributed by atoms with Gasteiger partial charge in [0, 0.05) is 6.20 Å². The molecule has 0 aliphatic rings. The Morgan fingerprint density at radius 3 is 2.79 bits per heavy atom. The molecule has 0 amide bonds. The predicted octanol–water partition coefficient (Wildman–Crippen LogP) is 1.55. The molecule has 2 rings (SSSR count). The monoisotopic (exact) mass is 187 g/mol. The van der Waals surface area contributed by atoms with Crippen LogP contribution in [0.3, 0.4) is 0 Å². The SMILES string of the molecule is COc1cncc(-c2ccccn2)n1. The van der Waals surface area contributed by atoms with Gasteiger partial charge >= 0.3 is 0 Å². The van der Waals surface area contributed by atoms with E-state index in [9.17, 15) is 0 Å².